The van der Waals surface area contributed by atoms with Crippen molar-refractivity contribution in [3.63, 3.8) is 0 Å². The fraction of sp³-hybridized carbons (Fsp3) is 0.278. The number of carbonyl (C=O) groups is 3. The molecule has 0 unspecified atom stereocenters. The maximum Gasteiger partial charge on any atom is 0.321 e. The van der Waals surface area contributed by atoms with Gasteiger partial charge in [0, 0.05) is 6.04 Å². The van der Waals surface area contributed by atoms with E-state index in [9.17, 15) is 14.4 Å². The molecule has 6 nitrogen and oxygen atoms in total. The van der Waals surface area contributed by atoms with Gasteiger partial charge in [-0.25, -0.2) is 4.79 Å². The molecule has 0 radical (unpaired) electrons. The first kappa shape index (κ1) is 16.0. The van der Waals surface area contributed by atoms with Crippen LogP contribution in [0, 0.1) is 0 Å². The van der Waals surface area contributed by atoms with Crippen molar-refractivity contribution in [3.8, 4) is 0 Å². The van der Waals surface area contributed by atoms with E-state index in [1.807, 2.05) is 42.5 Å². The Morgan fingerprint density at radius 3 is 2.54 bits per heavy atom. The van der Waals surface area contributed by atoms with Gasteiger partial charge < -0.3 is 10.1 Å². The lowest BCUT2D eigenvalue weighted by molar-refractivity contribution is -0.147. The molecule has 1 saturated carbocycles. The molecular formula is C18H18N2O4. The molecule has 1 fully saturated rings. The Morgan fingerprint density at radius 2 is 1.79 bits per heavy atom. The van der Waals surface area contributed by atoms with Crippen LogP contribution in [0.3, 0.4) is 0 Å². The number of hydrogen-bond acceptors (Lipinski definition) is 4. The first-order valence-corrected chi connectivity index (χ1v) is 7.84. The van der Waals surface area contributed by atoms with Crippen molar-refractivity contribution in [2.75, 3.05) is 6.61 Å². The van der Waals surface area contributed by atoms with E-state index in [1.165, 1.54) is 0 Å². The summed E-state index contributed by atoms with van der Waals surface area (Å²) in [7, 11) is 0. The fourth-order valence-corrected chi connectivity index (χ4v) is 2.32. The van der Waals surface area contributed by atoms with Crippen molar-refractivity contribution in [3.05, 3.63) is 48.0 Å². The summed E-state index contributed by atoms with van der Waals surface area (Å²) in [5.74, 6) is -1.15. The van der Waals surface area contributed by atoms with Crippen LogP contribution in [-0.2, 0) is 20.7 Å². The predicted octanol–water partition coefficient (Wildman–Crippen LogP) is 1.91. The monoisotopic (exact) mass is 326 g/mol. The summed E-state index contributed by atoms with van der Waals surface area (Å²) in [6.45, 7) is -0.468. The van der Waals surface area contributed by atoms with Crippen LogP contribution in [0.15, 0.2) is 42.5 Å². The standard InChI is InChI=1S/C18H18N2O4/c21-16(20-18(23)19-15-7-8-15)11-24-17(22)10-12-5-6-13-3-1-2-4-14(13)9-12/h1-6,9,15H,7-8,10-11H2,(H2,19,20,21,23). The number of amides is 3. The molecule has 2 aromatic carbocycles. The topological polar surface area (TPSA) is 84.5 Å². The molecule has 24 heavy (non-hydrogen) atoms. The van der Waals surface area contributed by atoms with Crippen LogP contribution < -0.4 is 10.6 Å². The molecule has 0 aliphatic heterocycles. The Hall–Kier alpha value is -2.89. The maximum atomic E-state index is 11.8. The number of esters is 1. The second-order valence-electron chi connectivity index (χ2n) is 5.81. The number of benzene rings is 2. The fourth-order valence-electron chi connectivity index (χ4n) is 2.32. The molecule has 0 heterocycles. The van der Waals surface area contributed by atoms with E-state index in [0.717, 1.165) is 29.2 Å². The molecule has 2 aromatic rings. The average molecular weight is 326 g/mol. The smallest absolute Gasteiger partial charge is 0.321 e. The van der Waals surface area contributed by atoms with Gasteiger partial charge in [0.1, 0.15) is 0 Å². The molecule has 6 heteroatoms. The van der Waals surface area contributed by atoms with Crippen molar-refractivity contribution in [1.82, 2.24) is 10.6 Å². The first-order chi connectivity index (χ1) is 11.6. The summed E-state index contributed by atoms with van der Waals surface area (Å²) in [4.78, 5) is 34.7. The third kappa shape index (κ3) is 4.55. The zero-order valence-corrected chi connectivity index (χ0v) is 13.1. The van der Waals surface area contributed by atoms with E-state index < -0.39 is 24.5 Å². The van der Waals surface area contributed by atoms with E-state index in [1.54, 1.807) is 0 Å². The molecule has 0 atom stereocenters. The molecule has 0 aromatic heterocycles. The minimum absolute atomic E-state index is 0.0758. The molecule has 3 amide bonds. The van der Waals surface area contributed by atoms with Gasteiger partial charge in [-0.2, -0.15) is 0 Å². The number of fused-ring (bicyclic) bond motifs is 1. The molecule has 1 aliphatic rings. The Labute approximate surface area is 139 Å². The number of ether oxygens (including phenoxy) is 1. The molecule has 0 spiro atoms. The molecule has 124 valence electrons. The SMILES string of the molecule is O=C(COC(=O)Cc1ccc2ccccc2c1)NC(=O)NC1CC1. The molecule has 0 saturated heterocycles. The third-order valence-corrected chi connectivity index (χ3v) is 3.69. The highest BCUT2D eigenvalue weighted by Gasteiger charge is 2.24. The second-order valence-corrected chi connectivity index (χ2v) is 5.81. The van der Waals surface area contributed by atoms with Crippen LogP contribution in [0.5, 0.6) is 0 Å². The lowest BCUT2D eigenvalue weighted by Gasteiger charge is -2.07. The van der Waals surface area contributed by atoms with Gasteiger partial charge in [0.15, 0.2) is 6.61 Å². The Balaban J connectivity index is 1.45. The quantitative estimate of drug-likeness (QED) is 0.822. The normalized spacial score (nSPS) is 13.3. The van der Waals surface area contributed by atoms with Crippen molar-refractivity contribution >= 4 is 28.7 Å². The lowest BCUT2D eigenvalue weighted by atomic mass is 10.1. The van der Waals surface area contributed by atoms with E-state index in [2.05, 4.69) is 10.6 Å². The van der Waals surface area contributed by atoms with Gasteiger partial charge in [0.25, 0.3) is 5.91 Å². The highest BCUT2D eigenvalue weighted by molar-refractivity contribution is 5.95. The van der Waals surface area contributed by atoms with Gasteiger partial charge in [0.05, 0.1) is 6.42 Å². The number of hydrogen-bond donors (Lipinski definition) is 2. The first-order valence-electron chi connectivity index (χ1n) is 7.84. The van der Waals surface area contributed by atoms with E-state index in [4.69, 9.17) is 4.74 Å². The van der Waals surface area contributed by atoms with Crippen molar-refractivity contribution in [1.29, 1.82) is 0 Å². The lowest BCUT2D eigenvalue weighted by Crippen LogP contribution is -2.42. The van der Waals surface area contributed by atoms with Crippen LogP contribution >= 0.6 is 0 Å². The van der Waals surface area contributed by atoms with Crippen molar-refractivity contribution in [2.24, 2.45) is 0 Å². The van der Waals surface area contributed by atoms with Gasteiger partial charge in [-0.15, -0.1) is 0 Å². The summed E-state index contributed by atoms with van der Waals surface area (Å²) in [6.07, 6.45) is 1.94. The van der Waals surface area contributed by atoms with Gasteiger partial charge >= 0.3 is 12.0 Å². The van der Waals surface area contributed by atoms with E-state index in [0.29, 0.717) is 0 Å². The number of rotatable bonds is 5. The number of urea groups is 1. The number of nitrogens with one attached hydrogen (secondary N) is 2. The zero-order valence-electron chi connectivity index (χ0n) is 13.1. The van der Waals surface area contributed by atoms with Crippen LogP contribution in [-0.4, -0.2) is 30.6 Å². The van der Waals surface area contributed by atoms with E-state index in [-0.39, 0.29) is 12.5 Å². The Kier molecular flexibility index (Phi) is 4.74. The predicted molar refractivity (Wildman–Crippen MR) is 88.3 cm³/mol. The molecule has 1 aliphatic carbocycles. The minimum Gasteiger partial charge on any atom is -0.455 e. The van der Waals surface area contributed by atoms with Crippen molar-refractivity contribution < 1.29 is 19.1 Å². The number of carbonyl (C=O) groups excluding carboxylic acids is 3. The molecule has 0 bridgehead atoms. The highest BCUT2D eigenvalue weighted by Crippen LogP contribution is 2.18. The summed E-state index contributed by atoms with van der Waals surface area (Å²) in [5.41, 5.74) is 0.811. The summed E-state index contributed by atoms with van der Waals surface area (Å²) >= 11 is 0. The average Bonchev–Trinajstić information content (AvgIpc) is 3.36. The third-order valence-electron chi connectivity index (χ3n) is 3.69. The van der Waals surface area contributed by atoms with Gasteiger partial charge in [-0.05, 0) is 29.2 Å². The van der Waals surface area contributed by atoms with Gasteiger partial charge in [-0.1, -0.05) is 42.5 Å². The largest absolute Gasteiger partial charge is 0.455 e. The Morgan fingerprint density at radius 1 is 1.04 bits per heavy atom. The van der Waals surface area contributed by atoms with Crippen molar-refractivity contribution in [2.45, 2.75) is 25.3 Å². The highest BCUT2D eigenvalue weighted by atomic mass is 16.5. The van der Waals surface area contributed by atoms with Crippen LogP contribution in [0.2, 0.25) is 0 Å². The summed E-state index contributed by atoms with van der Waals surface area (Å²) in [5, 5.41) is 6.88. The molecular weight excluding hydrogens is 308 g/mol. The zero-order chi connectivity index (χ0) is 16.9. The minimum atomic E-state index is -0.639. The van der Waals surface area contributed by atoms with Crippen LogP contribution in [0.25, 0.3) is 10.8 Å². The second kappa shape index (κ2) is 7.12. The maximum absolute atomic E-state index is 11.8. The molecule has 2 N–H and O–H groups in total. The van der Waals surface area contributed by atoms with Crippen LogP contribution in [0.1, 0.15) is 18.4 Å². The van der Waals surface area contributed by atoms with Gasteiger partial charge in [-0.3, -0.25) is 14.9 Å². The number of imide groups is 1. The molecule has 3 rings (SSSR count). The van der Waals surface area contributed by atoms with E-state index >= 15 is 0 Å². The van der Waals surface area contributed by atoms with Gasteiger partial charge in [0.2, 0.25) is 0 Å². The van der Waals surface area contributed by atoms with Crippen LogP contribution in [0.4, 0.5) is 4.79 Å². The summed E-state index contributed by atoms with van der Waals surface area (Å²) < 4.78 is 4.91. The summed E-state index contributed by atoms with van der Waals surface area (Å²) in [6, 6.07) is 13.2. The Bertz CT molecular complexity index is 783.